The zero-order valence-corrected chi connectivity index (χ0v) is 15.7. The zero-order valence-electron chi connectivity index (χ0n) is 2.16. The van der Waals surface area contributed by atoms with Crippen molar-refractivity contribution in [3.63, 3.8) is 0 Å². The maximum absolute atomic E-state index is 0. The molecule has 0 N–H and O–H groups in total. The van der Waals surface area contributed by atoms with Crippen molar-refractivity contribution >= 4 is 75.4 Å². The first kappa shape index (κ1) is 26.7. The van der Waals surface area contributed by atoms with Crippen molar-refractivity contribution in [2.45, 2.75) is 0 Å². The van der Waals surface area contributed by atoms with Gasteiger partial charge in [-0.1, -0.05) is 0 Å². The van der Waals surface area contributed by atoms with Gasteiger partial charge in [0.2, 0.25) is 0 Å². The summed E-state index contributed by atoms with van der Waals surface area (Å²) in [6, 6.07) is 0. The van der Waals surface area contributed by atoms with Crippen LogP contribution in [0.25, 0.3) is 0 Å². The maximum atomic E-state index is 0. The van der Waals surface area contributed by atoms with Crippen molar-refractivity contribution in [2.24, 2.45) is 0 Å². The molecule has 0 spiro atoms. The second-order valence-corrected chi connectivity index (χ2v) is 0. The van der Waals surface area contributed by atoms with E-state index >= 15 is 0 Å². The van der Waals surface area contributed by atoms with E-state index in [9.17, 15) is 0 Å². The quantitative estimate of drug-likeness (QED) is 0.278. The molecule has 0 unspecified atom stereocenters. The summed E-state index contributed by atoms with van der Waals surface area (Å²) in [5.74, 6) is 0. The minimum absolute atomic E-state index is 0. The summed E-state index contributed by atoms with van der Waals surface area (Å²) < 4.78 is 0. The Labute approximate surface area is 95.7 Å². The van der Waals surface area contributed by atoms with E-state index in [2.05, 4.69) is 0 Å². The van der Waals surface area contributed by atoms with Crippen molar-refractivity contribution in [3.05, 3.63) is 0 Å². The Morgan fingerprint density at radius 1 is 1.00 bits per heavy atom. The molecule has 4 radical (unpaired) electrons. The Kier molecular flexibility index (Phi) is 109. The predicted octanol–water partition coefficient (Wildman–Crippen LogP) is -2.75. The third-order valence-electron chi connectivity index (χ3n) is 0. The molecular weight excluding hydrogens is 564 g/mol. The molecule has 0 aromatic rings. The van der Waals surface area contributed by atoms with Gasteiger partial charge in [0, 0.05) is 22.4 Å². The van der Waals surface area contributed by atoms with E-state index in [0.29, 0.717) is 0 Å². The van der Waals surface area contributed by atoms with E-state index < -0.39 is 0 Å². The van der Waals surface area contributed by atoms with Gasteiger partial charge in [-0.3, -0.25) is 0 Å². The fraction of sp³-hybridized carbons (Fsp3) is 0. The summed E-state index contributed by atoms with van der Waals surface area (Å²) >= 11 is 0. The van der Waals surface area contributed by atoms with Crippen LogP contribution in [0.15, 0.2) is 0 Å². The molecule has 4 heteroatoms. The Morgan fingerprint density at radius 3 is 1.00 bits per heavy atom. The Bertz CT molecular complexity index is 8.00. The number of rotatable bonds is 0. The van der Waals surface area contributed by atoms with Gasteiger partial charge in [0.25, 0.3) is 0 Å². The summed E-state index contributed by atoms with van der Waals surface area (Å²) in [4.78, 5) is 0. The third kappa shape index (κ3) is 8.99. The standard InChI is InChI=1S/Ag.Pb.Sb.HTe.5H/h;;;1H;;;;;. The van der Waals surface area contributed by atoms with E-state index in [-0.39, 0.29) is 97.8 Å². The van der Waals surface area contributed by atoms with Crippen LogP contribution in [0.4, 0.5) is 0 Å². The zero-order chi connectivity index (χ0) is 0. The number of hydrogen-bond donors (Lipinski definition) is 0. The molecule has 0 amide bonds. The molecule has 0 aromatic carbocycles. The van der Waals surface area contributed by atoms with Crippen molar-refractivity contribution in [1.82, 2.24) is 0 Å². The van der Waals surface area contributed by atoms with Crippen molar-refractivity contribution in [3.8, 4) is 0 Å². The molecular formula is H6AgPbSbTe. The monoisotopic (exact) mass is 572 g/mol. The Hall–Kier alpha value is 3.27. The van der Waals surface area contributed by atoms with Crippen LogP contribution in [0.5, 0.6) is 0 Å². The molecule has 0 heterocycles. The average molecular weight is 570 g/mol. The molecule has 0 atom stereocenters. The van der Waals surface area contributed by atoms with Crippen LogP contribution >= 0.6 is 0 Å². The van der Waals surface area contributed by atoms with Crippen LogP contribution in [0, 0.1) is 0 Å². The molecule has 0 rings (SSSR count). The predicted molar refractivity (Wildman–Crippen MR) is 25.6 cm³/mol. The normalized spacial score (nSPS) is 0. The van der Waals surface area contributed by atoms with Crippen LogP contribution in [0.1, 0.15) is 0 Å². The molecule has 4 heavy (non-hydrogen) atoms. The van der Waals surface area contributed by atoms with Gasteiger partial charge in [0.15, 0.2) is 0 Å². The molecule has 0 saturated carbocycles. The van der Waals surface area contributed by atoms with E-state index in [0.717, 1.165) is 0 Å². The topological polar surface area (TPSA) is 0 Å². The molecule has 0 aliphatic rings. The second kappa shape index (κ2) is 16.3. The van der Waals surface area contributed by atoms with E-state index in [1.807, 2.05) is 0 Å². The van der Waals surface area contributed by atoms with Gasteiger partial charge < -0.3 is 0 Å². The van der Waals surface area contributed by atoms with Gasteiger partial charge in [-0.15, -0.1) is 0 Å². The van der Waals surface area contributed by atoms with Gasteiger partial charge in [-0.05, 0) is 0 Å². The summed E-state index contributed by atoms with van der Waals surface area (Å²) in [6.45, 7) is 0. The first-order chi connectivity index (χ1) is 0. The van der Waals surface area contributed by atoms with Gasteiger partial charge in [-0.25, -0.2) is 0 Å². The Balaban J connectivity index is 0. The summed E-state index contributed by atoms with van der Waals surface area (Å²) in [5, 5.41) is 0. The van der Waals surface area contributed by atoms with Crippen molar-refractivity contribution in [2.75, 3.05) is 0 Å². The van der Waals surface area contributed by atoms with Gasteiger partial charge in [0.05, 0.1) is 0 Å². The molecule has 32 valence electrons. The SMILES string of the molecule is [Ag].[PbH2].[SbH3].[TeH]. The van der Waals surface area contributed by atoms with Crippen LogP contribution < -0.4 is 0 Å². The molecule has 0 aliphatic carbocycles. The van der Waals surface area contributed by atoms with Crippen LogP contribution in [-0.4, -0.2) is 75.4 Å². The van der Waals surface area contributed by atoms with Gasteiger partial charge in [-0.2, -0.15) is 0 Å². The van der Waals surface area contributed by atoms with Gasteiger partial charge >= 0.3 is 75.4 Å². The second-order valence-electron chi connectivity index (χ2n) is 0. The van der Waals surface area contributed by atoms with Crippen LogP contribution in [-0.2, 0) is 22.4 Å². The molecule has 0 aliphatic heterocycles. The molecule has 0 saturated heterocycles. The number of hydrogen-bond acceptors (Lipinski definition) is 0. The van der Waals surface area contributed by atoms with Crippen LogP contribution in [0.2, 0.25) is 0 Å². The molecule has 0 bridgehead atoms. The third-order valence-corrected chi connectivity index (χ3v) is 0. The van der Waals surface area contributed by atoms with E-state index in [1.54, 1.807) is 0 Å². The van der Waals surface area contributed by atoms with Crippen LogP contribution in [0.3, 0.4) is 0 Å². The first-order valence-corrected chi connectivity index (χ1v) is 0. The Morgan fingerprint density at radius 2 is 1.00 bits per heavy atom. The average Bonchev–Trinajstić information content (AvgIpc) is 0. The fourth-order valence-corrected chi connectivity index (χ4v) is 0. The van der Waals surface area contributed by atoms with E-state index in [1.165, 1.54) is 0 Å². The molecule has 0 aromatic heterocycles. The minimum atomic E-state index is 0. The van der Waals surface area contributed by atoms with Crippen molar-refractivity contribution < 1.29 is 22.4 Å². The fourth-order valence-electron chi connectivity index (χ4n) is 0. The first-order valence-electron chi connectivity index (χ1n) is 0. The summed E-state index contributed by atoms with van der Waals surface area (Å²) in [7, 11) is 0. The van der Waals surface area contributed by atoms with Gasteiger partial charge in [0.1, 0.15) is 0 Å². The summed E-state index contributed by atoms with van der Waals surface area (Å²) in [6.07, 6.45) is 0. The van der Waals surface area contributed by atoms with Crippen molar-refractivity contribution in [1.29, 1.82) is 0 Å². The molecule has 0 fully saturated rings. The molecule has 0 nitrogen and oxygen atoms in total. The summed E-state index contributed by atoms with van der Waals surface area (Å²) in [5.41, 5.74) is 0. The van der Waals surface area contributed by atoms with E-state index in [4.69, 9.17) is 0 Å².